The lowest BCUT2D eigenvalue weighted by atomic mass is 10.1. The van der Waals surface area contributed by atoms with Crippen molar-refractivity contribution in [2.75, 3.05) is 5.32 Å². The van der Waals surface area contributed by atoms with Gasteiger partial charge in [-0.3, -0.25) is 9.59 Å². The van der Waals surface area contributed by atoms with Gasteiger partial charge in [0.25, 0.3) is 0 Å². The van der Waals surface area contributed by atoms with E-state index in [0.29, 0.717) is 22.0 Å². The van der Waals surface area contributed by atoms with E-state index in [1.165, 1.54) is 18.2 Å². The first-order valence-corrected chi connectivity index (χ1v) is 8.55. The fourth-order valence-electron chi connectivity index (χ4n) is 2.30. The van der Waals surface area contributed by atoms with Crippen LogP contribution in [0.2, 0.25) is 5.02 Å². The maximum absolute atomic E-state index is 12.0. The first kappa shape index (κ1) is 20.3. The number of hydrogen-bond donors (Lipinski definition) is 4. The molecule has 2 aromatic carbocycles. The maximum atomic E-state index is 12.0. The standard InChI is InChI=1S/C19H20ClN3O4/c1-11-9-13(20)3-6-16(11)21-18(26)7-8-19(27)23-22-12(2)15-5-4-14(24)10-17(15)25/h3-6,9-10,24-25H,7-8H2,1-2H3,(H,21,26)(H,23,27)/b22-12-. The molecule has 2 aromatic rings. The number of carbonyl (C=O) groups is 2. The van der Waals surface area contributed by atoms with E-state index in [-0.39, 0.29) is 30.2 Å². The number of nitrogens with one attached hydrogen (secondary N) is 2. The molecule has 2 rings (SSSR count). The number of nitrogens with zero attached hydrogens (tertiary/aromatic N) is 1. The van der Waals surface area contributed by atoms with E-state index < -0.39 is 5.91 Å². The summed E-state index contributed by atoms with van der Waals surface area (Å²) in [6.45, 7) is 3.42. The quantitative estimate of drug-likeness (QED) is 0.448. The number of hydrazone groups is 1. The lowest BCUT2D eigenvalue weighted by Crippen LogP contribution is -2.22. The summed E-state index contributed by atoms with van der Waals surface area (Å²) < 4.78 is 0. The van der Waals surface area contributed by atoms with Gasteiger partial charge in [-0.25, -0.2) is 5.43 Å². The molecule has 0 fully saturated rings. The average Bonchev–Trinajstić information content (AvgIpc) is 2.60. The van der Waals surface area contributed by atoms with Crippen LogP contribution >= 0.6 is 11.6 Å². The Hall–Kier alpha value is -3.06. The largest absolute Gasteiger partial charge is 0.508 e. The molecule has 4 N–H and O–H groups in total. The van der Waals surface area contributed by atoms with E-state index >= 15 is 0 Å². The van der Waals surface area contributed by atoms with Crippen LogP contribution in [0, 0.1) is 6.92 Å². The number of benzene rings is 2. The zero-order valence-electron chi connectivity index (χ0n) is 14.9. The Labute approximate surface area is 161 Å². The normalized spacial score (nSPS) is 11.1. The lowest BCUT2D eigenvalue weighted by Gasteiger charge is -2.08. The summed E-state index contributed by atoms with van der Waals surface area (Å²) in [7, 11) is 0. The SMILES string of the molecule is C/C(=N/NC(=O)CCC(=O)Nc1ccc(Cl)cc1C)c1ccc(O)cc1O. The highest BCUT2D eigenvalue weighted by molar-refractivity contribution is 6.30. The van der Waals surface area contributed by atoms with E-state index in [2.05, 4.69) is 15.8 Å². The molecule has 0 aliphatic heterocycles. The van der Waals surface area contributed by atoms with Gasteiger partial charge in [-0.05, 0) is 49.7 Å². The van der Waals surface area contributed by atoms with Crippen LogP contribution in [-0.2, 0) is 9.59 Å². The Kier molecular flexibility index (Phi) is 6.79. The zero-order chi connectivity index (χ0) is 20.0. The molecular formula is C19H20ClN3O4. The Bertz CT molecular complexity index is 897. The minimum absolute atomic E-state index is 0.00702. The van der Waals surface area contributed by atoms with Crippen LogP contribution in [0.25, 0.3) is 0 Å². The van der Waals surface area contributed by atoms with Gasteiger partial charge in [-0.15, -0.1) is 0 Å². The monoisotopic (exact) mass is 389 g/mol. The molecule has 0 heterocycles. The molecule has 0 saturated heterocycles. The fourth-order valence-corrected chi connectivity index (χ4v) is 2.52. The van der Waals surface area contributed by atoms with Crippen molar-refractivity contribution >= 4 is 34.8 Å². The second-order valence-corrected chi connectivity index (χ2v) is 6.38. The van der Waals surface area contributed by atoms with E-state index in [1.807, 2.05) is 6.92 Å². The van der Waals surface area contributed by atoms with Crippen LogP contribution < -0.4 is 10.7 Å². The first-order valence-electron chi connectivity index (χ1n) is 8.17. The number of anilines is 1. The van der Waals surface area contributed by atoms with E-state index in [1.54, 1.807) is 25.1 Å². The lowest BCUT2D eigenvalue weighted by molar-refractivity contribution is -0.124. The third kappa shape index (κ3) is 6.00. The third-order valence-electron chi connectivity index (χ3n) is 3.76. The van der Waals surface area contributed by atoms with Gasteiger partial charge in [0.2, 0.25) is 11.8 Å². The molecule has 2 amide bonds. The topological polar surface area (TPSA) is 111 Å². The molecule has 27 heavy (non-hydrogen) atoms. The smallest absolute Gasteiger partial charge is 0.240 e. The predicted octanol–water partition coefficient (Wildman–Crippen LogP) is 3.32. The van der Waals surface area contributed by atoms with Crippen LogP contribution in [-0.4, -0.2) is 27.7 Å². The Morgan fingerprint density at radius 2 is 1.78 bits per heavy atom. The van der Waals surface area contributed by atoms with Gasteiger partial charge in [0.05, 0.1) is 5.71 Å². The molecule has 0 atom stereocenters. The Morgan fingerprint density at radius 3 is 2.44 bits per heavy atom. The van der Waals surface area contributed by atoms with Crippen molar-refractivity contribution in [1.29, 1.82) is 0 Å². The molecule has 142 valence electrons. The van der Waals surface area contributed by atoms with Gasteiger partial charge < -0.3 is 15.5 Å². The van der Waals surface area contributed by atoms with E-state index in [0.717, 1.165) is 5.56 Å². The molecular weight excluding hydrogens is 370 g/mol. The molecule has 0 aliphatic rings. The highest BCUT2D eigenvalue weighted by atomic mass is 35.5. The van der Waals surface area contributed by atoms with Crippen molar-refractivity contribution in [3.05, 3.63) is 52.5 Å². The minimum atomic E-state index is -0.435. The number of phenols is 2. The van der Waals surface area contributed by atoms with Gasteiger partial charge in [0.1, 0.15) is 11.5 Å². The summed E-state index contributed by atoms with van der Waals surface area (Å²) >= 11 is 5.87. The van der Waals surface area contributed by atoms with Crippen molar-refractivity contribution in [1.82, 2.24) is 5.43 Å². The molecule has 0 bridgehead atoms. The number of rotatable bonds is 6. The molecule has 7 nitrogen and oxygen atoms in total. The molecule has 0 aromatic heterocycles. The Balaban J connectivity index is 1.85. The highest BCUT2D eigenvalue weighted by Gasteiger charge is 2.10. The van der Waals surface area contributed by atoms with Crippen LogP contribution in [0.5, 0.6) is 11.5 Å². The van der Waals surface area contributed by atoms with Gasteiger partial charge >= 0.3 is 0 Å². The summed E-state index contributed by atoms with van der Waals surface area (Å²) in [6.07, 6.45) is -0.0518. The van der Waals surface area contributed by atoms with Crippen LogP contribution in [0.1, 0.15) is 30.9 Å². The fraction of sp³-hybridized carbons (Fsp3) is 0.211. The van der Waals surface area contributed by atoms with Crippen LogP contribution in [0.4, 0.5) is 5.69 Å². The second kappa shape index (κ2) is 9.05. The number of carbonyl (C=O) groups excluding carboxylic acids is 2. The van der Waals surface area contributed by atoms with Gasteiger partial charge in [-0.2, -0.15) is 5.10 Å². The summed E-state index contributed by atoms with van der Waals surface area (Å²) in [6, 6.07) is 9.18. The second-order valence-electron chi connectivity index (χ2n) is 5.94. The Morgan fingerprint density at radius 1 is 1.07 bits per heavy atom. The molecule has 8 heteroatoms. The first-order chi connectivity index (χ1) is 12.8. The third-order valence-corrected chi connectivity index (χ3v) is 4.00. The average molecular weight is 390 g/mol. The number of amides is 2. The minimum Gasteiger partial charge on any atom is -0.508 e. The summed E-state index contributed by atoms with van der Waals surface area (Å²) in [5, 5.41) is 26.3. The van der Waals surface area contributed by atoms with Gasteiger partial charge in [0.15, 0.2) is 0 Å². The molecule has 0 saturated carbocycles. The molecule has 0 aliphatic carbocycles. The summed E-state index contributed by atoms with van der Waals surface area (Å²) in [5.74, 6) is -0.957. The van der Waals surface area contributed by atoms with E-state index in [4.69, 9.17) is 11.6 Å². The van der Waals surface area contributed by atoms with Crippen molar-refractivity contribution in [3.63, 3.8) is 0 Å². The van der Waals surface area contributed by atoms with Crippen molar-refractivity contribution in [3.8, 4) is 11.5 Å². The number of aromatic hydroxyl groups is 2. The van der Waals surface area contributed by atoms with Crippen molar-refractivity contribution < 1.29 is 19.8 Å². The van der Waals surface area contributed by atoms with E-state index in [9.17, 15) is 19.8 Å². The number of hydrogen-bond acceptors (Lipinski definition) is 5. The van der Waals surface area contributed by atoms with Crippen LogP contribution in [0.15, 0.2) is 41.5 Å². The summed E-state index contributed by atoms with van der Waals surface area (Å²) in [4.78, 5) is 23.8. The maximum Gasteiger partial charge on any atom is 0.240 e. The predicted molar refractivity (Wildman–Crippen MR) is 104 cm³/mol. The van der Waals surface area contributed by atoms with Crippen molar-refractivity contribution in [2.24, 2.45) is 5.10 Å². The number of halogens is 1. The molecule has 0 spiro atoms. The summed E-state index contributed by atoms with van der Waals surface area (Å²) in [5.41, 5.74) is 4.55. The number of aryl methyl sites for hydroxylation is 1. The zero-order valence-corrected chi connectivity index (χ0v) is 15.7. The molecule has 0 unspecified atom stereocenters. The molecule has 0 radical (unpaired) electrons. The number of phenolic OH excluding ortho intramolecular Hbond substituents is 2. The highest BCUT2D eigenvalue weighted by Crippen LogP contribution is 2.23. The van der Waals surface area contributed by atoms with Gasteiger partial charge in [-0.1, -0.05) is 11.6 Å². The van der Waals surface area contributed by atoms with Gasteiger partial charge in [0, 0.05) is 35.2 Å². The van der Waals surface area contributed by atoms with Crippen molar-refractivity contribution in [2.45, 2.75) is 26.7 Å². The van der Waals surface area contributed by atoms with Crippen LogP contribution in [0.3, 0.4) is 0 Å².